The lowest BCUT2D eigenvalue weighted by molar-refractivity contribution is -0.144. The highest BCUT2D eigenvalue weighted by Crippen LogP contribution is 2.55. The Morgan fingerprint density at radius 1 is 1.12 bits per heavy atom. The molecule has 3 fully saturated rings. The standard InChI is InChI=1S/C33H38BrN5O3/c1-38(29-27(34)30(40)33(29)14-3-2-4-15-33)25(32(41)42)17-20-9-11-23(12-10-20)39-26(18-21-5-6-21)37-28-24(13-16-35-31(28)39)36-19-22-7-8-22/h9-13,16,21-22,25H,2-8,14-15,17-19H2,1H3,(H,35,36)(H,41,42)/t25-/m0/s1. The molecular weight excluding hydrogens is 594 g/mol. The van der Waals surface area contributed by atoms with Gasteiger partial charge in [0.05, 0.1) is 15.6 Å². The van der Waals surface area contributed by atoms with E-state index in [4.69, 9.17) is 9.97 Å². The Labute approximate surface area is 254 Å². The molecule has 0 amide bonds. The van der Waals surface area contributed by atoms with E-state index >= 15 is 0 Å². The van der Waals surface area contributed by atoms with E-state index in [-0.39, 0.29) is 5.78 Å². The van der Waals surface area contributed by atoms with Gasteiger partial charge in [-0.15, -0.1) is 0 Å². The summed E-state index contributed by atoms with van der Waals surface area (Å²) in [4.78, 5) is 37.2. The number of hydrogen-bond acceptors (Lipinski definition) is 6. The van der Waals surface area contributed by atoms with Crippen LogP contribution < -0.4 is 5.32 Å². The quantitative estimate of drug-likeness (QED) is 0.257. The molecule has 0 unspecified atom stereocenters. The molecule has 0 radical (unpaired) electrons. The molecule has 1 aromatic carbocycles. The normalized spacial score (nSPS) is 20.6. The van der Waals surface area contributed by atoms with Gasteiger partial charge in [-0.1, -0.05) is 31.4 Å². The van der Waals surface area contributed by atoms with Crippen LogP contribution in [0.2, 0.25) is 0 Å². The van der Waals surface area contributed by atoms with Gasteiger partial charge < -0.3 is 15.3 Å². The number of carbonyl (C=O) groups is 2. The van der Waals surface area contributed by atoms with E-state index in [2.05, 4.69) is 37.9 Å². The summed E-state index contributed by atoms with van der Waals surface area (Å²) in [5.41, 5.74) is 5.07. The molecule has 3 aromatic rings. The molecule has 2 heterocycles. The first kappa shape index (κ1) is 27.6. The van der Waals surface area contributed by atoms with Gasteiger partial charge >= 0.3 is 5.97 Å². The zero-order valence-corrected chi connectivity index (χ0v) is 25.7. The molecule has 9 heteroatoms. The second-order valence-corrected chi connectivity index (χ2v) is 13.6. The number of Topliss-reactive ketones (excluding diaryl/α,β-unsaturated/α-hetero) is 1. The van der Waals surface area contributed by atoms with Gasteiger partial charge in [0, 0.05) is 44.0 Å². The molecule has 4 aliphatic carbocycles. The average Bonchev–Trinajstić information content (AvgIpc) is 3.94. The number of benzene rings is 1. The van der Waals surface area contributed by atoms with Crippen molar-refractivity contribution >= 4 is 44.5 Å². The number of anilines is 1. The van der Waals surface area contributed by atoms with Gasteiger partial charge in [-0.05, 0) is 90.1 Å². The molecule has 8 nitrogen and oxygen atoms in total. The monoisotopic (exact) mass is 631 g/mol. The van der Waals surface area contributed by atoms with Gasteiger partial charge in [0.2, 0.25) is 0 Å². The first-order chi connectivity index (χ1) is 20.4. The molecule has 1 atom stereocenters. The third kappa shape index (κ3) is 4.93. The Morgan fingerprint density at radius 2 is 1.83 bits per heavy atom. The zero-order chi connectivity index (χ0) is 29.0. The molecule has 0 aliphatic heterocycles. The summed E-state index contributed by atoms with van der Waals surface area (Å²) in [7, 11) is 1.83. The largest absolute Gasteiger partial charge is 0.480 e. The van der Waals surface area contributed by atoms with E-state index in [1.807, 2.05) is 36.3 Å². The van der Waals surface area contributed by atoms with Crippen LogP contribution in [-0.4, -0.2) is 55.9 Å². The Hall–Kier alpha value is -3.20. The second-order valence-electron chi connectivity index (χ2n) is 12.8. The number of imidazole rings is 1. The molecule has 7 rings (SSSR count). The molecule has 2 N–H and O–H groups in total. The minimum absolute atomic E-state index is 0.131. The second kappa shape index (κ2) is 10.8. The van der Waals surface area contributed by atoms with E-state index < -0.39 is 17.4 Å². The van der Waals surface area contributed by atoms with Gasteiger partial charge in [0.25, 0.3) is 0 Å². The molecule has 4 aliphatic rings. The third-order valence-corrected chi connectivity index (χ3v) is 10.5. The number of halogens is 1. The number of ketones is 1. The number of aliphatic carboxylic acids is 1. The number of carbonyl (C=O) groups excluding carboxylic acids is 1. The third-order valence-electron chi connectivity index (χ3n) is 9.79. The van der Waals surface area contributed by atoms with Crippen LogP contribution in [0.5, 0.6) is 0 Å². The topological polar surface area (TPSA) is 100 Å². The predicted octanol–water partition coefficient (Wildman–Crippen LogP) is 6.26. The minimum atomic E-state index is -0.887. The van der Waals surface area contributed by atoms with E-state index in [9.17, 15) is 14.7 Å². The lowest BCUT2D eigenvalue weighted by atomic mass is 9.62. The lowest BCUT2D eigenvalue weighted by Gasteiger charge is -2.50. The Morgan fingerprint density at radius 3 is 2.50 bits per heavy atom. The van der Waals surface area contributed by atoms with Crippen LogP contribution >= 0.6 is 15.9 Å². The van der Waals surface area contributed by atoms with Crippen LogP contribution in [0.4, 0.5) is 5.69 Å². The number of carboxylic acid groups (broad SMARTS) is 1. The van der Waals surface area contributed by atoms with E-state index in [0.29, 0.717) is 16.8 Å². The highest BCUT2D eigenvalue weighted by Gasteiger charge is 2.55. The smallest absolute Gasteiger partial charge is 0.326 e. The van der Waals surface area contributed by atoms with Gasteiger partial charge in [0.1, 0.15) is 17.4 Å². The van der Waals surface area contributed by atoms with Crippen molar-refractivity contribution < 1.29 is 14.7 Å². The fourth-order valence-corrected chi connectivity index (χ4v) is 8.00. The number of hydrogen-bond donors (Lipinski definition) is 2. The summed E-state index contributed by atoms with van der Waals surface area (Å²) in [6.45, 7) is 0.973. The van der Waals surface area contributed by atoms with Crippen molar-refractivity contribution in [3.05, 3.63) is 58.1 Å². The van der Waals surface area contributed by atoms with E-state index in [1.54, 1.807) is 0 Å². The minimum Gasteiger partial charge on any atom is -0.480 e. The van der Waals surface area contributed by atoms with Crippen molar-refractivity contribution in [2.75, 3.05) is 18.9 Å². The van der Waals surface area contributed by atoms with Crippen molar-refractivity contribution in [2.45, 2.75) is 76.7 Å². The van der Waals surface area contributed by atoms with Crippen LogP contribution in [-0.2, 0) is 22.4 Å². The SMILES string of the molecule is CN(C1=C(Br)C(=O)C12CCCCC2)[C@@H](Cc1ccc(-n2c(CC3CC3)nc3c(NCC4CC4)ccnc32)cc1)C(=O)O. The van der Waals surface area contributed by atoms with Crippen LogP contribution in [0, 0.1) is 17.3 Å². The predicted molar refractivity (Wildman–Crippen MR) is 166 cm³/mol. The Kier molecular flexibility index (Phi) is 7.11. The molecule has 3 saturated carbocycles. The molecule has 2 aromatic heterocycles. The summed E-state index contributed by atoms with van der Waals surface area (Å²) < 4.78 is 2.72. The van der Waals surface area contributed by atoms with Crippen molar-refractivity contribution in [3.8, 4) is 5.69 Å². The molecule has 0 saturated heterocycles. The van der Waals surface area contributed by atoms with Gasteiger partial charge in [0.15, 0.2) is 11.4 Å². The van der Waals surface area contributed by atoms with E-state index in [1.165, 1.54) is 25.7 Å². The van der Waals surface area contributed by atoms with Crippen LogP contribution in [0.1, 0.15) is 69.2 Å². The van der Waals surface area contributed by atoms with Crippen LogP contribution in [0.15, 0.2) is 46.7 Å². The maximum Gasteiger partial charge on any atom is 0.326 e. The number of rotatable bonds is 11. The summed E-state index contributed by atoms with van der Waals surface area (Å²) in [6, 6.07) is 9.41. The first-order valence-electron chi connectivity index (χ1n) is 15.5. The number of nitrogens with zero attached hydrogens (tertiary/aromatic N) is 4. The number of allylic oxidation sites excluding steroid dienone is 2. The lowest BCUT2D eigenvalue weighted by Crippen LogP contribution is -2.54. The number of nitrogens with one attached hydrogen (secondary N) is 1. The molecule has 0 bridgehead atoms. The molecule has 42 heavy (non-hydrogen) atoms. The van der Waals surface area contributed by atoms with Gasteiger partial charge in [-0.25, -0.2) is 14.8 Å². The van der Waals surface area contributed by atoms with Crippen molar-refractivity contribution in [1.82, 2.24) is 19.4 Å². The highest BCUT2D eigenvalue weighted by atomic mass is 79.9. The summed E-state index contributed by atoms with van der Waals surface area (Å²) in [5, 5.41) is 13.9. The highest BCUT2D eigenvalue weighted by molar-refractivity contribution is 9.12. The Balaban J connectivity index is 1.16. The molecule has 220 valence electrons. The zero-order valence-electron chi connectivity index (χ0n) is 24.1. The maximum atomic E-state index is 12.9. The maximum absolute atomic E-state index is 12.9. The van der Waals surface area contributed by atoms with Crippen LogP contribution in [0.3, 0.4) is 0 Å². The first-order valence-corrected chi connectivity index (χ1v) is 16.3. The Bertz CT molecular complexity index is 1560. The van der Waals surface area contributed by atoms with Crippen LogP contribution in [0.25, 0.3) is 16.9 Å². The summed E-state index contributed by atoms with van der Waals surface area (Å²) in [6.07, 6.45) is 12.9. The van der Waals surface area contributed by atoms with Crippen molar-refractivity contribution in [2.24, 2.45) is 17.3 Å². The summed E-state index contributed by atoms with van der Waals surface area (Å²) in [5.74, 6) is 1.71. The number of fused-ring (bicyclic) bond motifs is 1. The number of pyridine rings is 1. The van der Waals surface area contributed by atoms with E-state index in [0.717, 1.165) is 90.6 Å². The number of likely N-dealkylation sites (N-methyl/N-ethyl adjacent to an activating group) is 1. The van der Waals surface area contributed by atoms with Gasteiger partial charge in [-0.2, -0.15) is 0 Å². The molecule has 1 spiro atoms. The number of aromatic nitrogens is 3. The van der Waals surface area contributed by atoms with Crippen molar-refractivity contribution in [1.29, 1.82) is 0 Å². The average molecular weight is 633 g/mol. The molecular formula is C33H38BrN5O3. The fraction of sp³-hybridized carbons (Fsp3) is 0.515. The van der Waals surface area contributed by atoms with Gasteiger partial charge in [-0.3, -0.25) is 9.36 Å². The fourth-order valence-electron chi connectivity index (χ4n) is 6.96. The summed E-state index contributed by atoms with van der Waals surface area (Å²) >= 11 is 3.49. The number of carboxylic acids is 1. The van der Waals surface area contributed by atoms with Crippen molar-refractivity contribution in [3.63, 3.8) is 0 Å².